The Bertz CT molecular complexity index is 845. The maximum Gasteiger partial charge on any atom is 0.315 e. The summed E-state index contributed by atoms with van der Waals surface area (Å²) >= 11 is 0. The Morgan fingerprint density at radius 1 is 1.04 bits per heavy atom. The average Bonchev–Trinajstić information content (AvgIpc) is 3.20. The maximum atomic E-state index is 12.0. The largest absolute Gasteiger partial charge is 0.497 e. The topological polar surface area (TPSA) is 68.2 Å². The van der Waals surface area contributed by atoms with Crippen LogP contribution in [0.5, 0.6) is 5.75 Å². The van der Waals surface area contributed by atoms with E-state index in [1.165, 1.54) is 0 Å². The van der Waals surface area contributed by atoms with Crippen LogP contribution < -0.4 is 15.4 Å². The number of benzene rings is 2. The Hall–Kier alpha value is -3.28. The van der Waals surface area contributed by atoms with Gasteiger partial charge in [0.2, 0.25) is 0 Å². The van der Waals surface area contributed by atoms with Gasteiger partial charge in [0.25, 0.3) is 0 Å². The lowest BCUT2D eigenvalue weighted by Gasteiger charge is -2.09. The van der Waals surface area contributed by atoms with Crippen LogP contribution in [0, 0.1) is 0 Å². The summed E-state index contributed by atoms with van der Waals surface area (Å²) in [5, 5.41) is 10.00. The molecule has 3 rings (SSSR count). The first-order valence-electron chi connectivity index (χ1n) is 8.93. The van der Waals surface area contributed by atoms with Crippen LogP contribution in [-0.4, -0.2) is 29.5 Å². The van der Waals surface area contributed by atoms with Crippen molar-refractivity contribution < 1.29 is 9.53 Å². The van der Waals surface area contributed by atoms with Crippen LogP contribution >= 0.6 is 0 Å². The van der Waals surface area contributed by atoms with Gasteiger partial charge in [0.1, 0.15) is 5.75 Å². The molecule has 0 radical (unpaired) electrons. The molecular formula is C21H24N4O2. The average molecular weight is 364 g/mol. The van der Waals surface area contributed by atoms with Gasteiger partial charge >= 0.3 is 6.03 Å². The van der Waals surface area contributed by atoms with E-state index in [-0.39, 0.29) is 6.03 Å². The minimum absolute atomic E-state index is 0.166. The van der Waals surface area contributed by atoms with Crippen LogP contribution in [0.2, 0.25) is 0 Å². The zero-order valence-electron chi connectivity index (χ0n) is 15.4. The lowest BCUT2D eigenvalue weighted by atomic mass is 10.1. The number of methoxy groups -OCH3 is 1. The summed E-state index contributed by atoms with van der Waals surface area (Å²) in [6.07, 6.45) is 4.47. The number of carbonyl (C=O) groups excluding carboxylic acids is 1. The van der Waals surface area contributed by atoms with Crippen LogP contribution in [-0.2, 0) is 19.5 Å². The first-order chi connectivity index (χ1) is 13.2. The highest BCUT2D eigenvalue weighted by Crippen LogP contribution is 2.11. The van der Waals surface area contributed by atoms with Gasteiger partial charge in [-0.25, -0.2) is 4.79 Å². The van der Waals surface area contributed by atoms with E-state index < -0.39 is 0 Å². The second-order valence-corrected chi connectivity index (χ2v) is 6.23. The van der Waals surface area contributed by atoms with Crippen molar-refractivity contribution in [2.45, 2.75) is 19.5 Å². The van der Waals surface area contributed by atoms with Gasteiger partial charge in [-0.2, -0.15) is 5.10 Å². The molecule has 0 aliphatic heterocycles. The first-order valence-corrected chi connectivity index (χ1v) is 8.93. The molecule has 0 saturated heterocycles. The number of rotatable bonds is 8. The van der Waals surface area contributed by atoms with Crippen LogP contribution in [0.25, 0.3) is 0 Å². The molecule has 0 aliphatic carbocycles. The molecule has 6 nitrogen and oxygen atoms in total. The van der Waals surface area contributed by atoms with E-state index in [0.29, 0.717) is 13.1 Å². The van der Waals surface area contributed by atoms with Gasteiger partial charge in [0.05, 0.1) is 13.7 Å². The van der Waals surface area contributed by atoms with E-state index in [2.05, 4.69) is 27.9 Å². The summed E-state index contributed by atoms with van der Waals surface area (Å²) < 4.78 is 7.01. The van der Waals surface area contributed by atoms with Crippen molar-refractivity contribution in [3.8, 4) is 5.75 Å². The number of hydrogen-bond acceptors (Lipinski definition) is 3. The Labute approximate surface area is 159 Å². The molecule has 3 aromatic rings. The van der Waals surface area contributed by atoms with E-state index in [4.69, 9.17) is 4.74 Å². The number of hydrogen-bond donors (Lipinski definition) is 2. The van der Waals surface area contributed by atoms with Gasteiger partial charge in [-0.15, -0.1) is 0 Å². The molecule has 6 heteroatoms. The molecule has 2 amide bonds. The molecule has 0 fully saturated rings. The molecular weight excluding hydrogens is 340 g/mol. The third-order valence-electron chi connectivity index (χ3n) is 4.21. The van der Waals surface area contributed by atoms with Crippen LogP contribution in [0.1, 0.15) is 16.7 Å². The third-order valence-corrected chi connectivity index (χ3v) is 4.21. The number of urea groups is 1. The van der Waals surface area contributed by atoms with Gasteiger partial charge < -0.3 is 15.4 Å². The highest BCUT2D eigenvalue weighted by Gasteiger charge is 2.02. The Morgan fingerprint density at radius 3 is 2.59 bits per heavy atom. The van der Waals surface area contributed by atoms with Crippen molar-refractivity contribution in [1.82, 2.24) is 20.4 Å². The SMILES string of the molecule is COc1ccc(CCNC(=O)NCc2cccc(Cn3cccn3)c2)cc1. The summed E-state index contributed by atoms with van der Waals surface area (Å²) in [6, 6.07) is 17.7. The quantitative estimate of drug-likeness (QED) is 0.646. The molecule has 0 unspecified atom stereocenters. The lowest BCUT2D eigenvalue weighted by molar-refractivity contribution is 0.240. The zero-order chi connectivity index (χ0) is 18.9. The molecule has 0 saturated carbocycles. The highest BCUT2D eigenvalue weighted by atomic mass is 16.5. The fraction of sp³-hybridized carbons (Fsp3) is 0.238. The molecule has 1 heterocycles. The van der Waals surface area contributed by atoms with E-state index in [9.17, 15) is 4.79 Å². The van der Waals surface area contributed by atoms with E-state index in [1.807, 2.05) is 53.3 Å². The predicted molar refractivity (Wildman–Crippen MR) is 105 cm³/mol. The summed E-state index contributed by atoms with van der Waals surface area (Å²) in [6.45, 7) is 1.79. The number of aromatic nitrogens is 2. The first kappa shape index (κ1) is 18.5. The van der Waals surface area contributed by atoms with E-state index >= 15 is 0 Å². The van der Waals surface area contributed by atoms with Gasteiger partial charge in [-0.05, 0) is 41.3 Å². The molecule has 0 atom stereocenters. The smallest absolute Gasteiger partial charge is 0.315 e. The lowest BCUT2D eigenvalue weighted by Crippen LogP contribution is -2.36. The van der Waals surface area contributed by atoms with Crippen molar-refractivity contribution in [1.29, 1.82) is 0 Å². The zero-order valence-corrected chi connectivity index (χ0v) is 15.4. The maximum absolute atomic E-state index is 12.0. The van der Waals surface area contributed by atoms with Crippen LogP contribution in [0.15, 0.2) is 67.0 Å². The molecule has 2 N–H and O–H groups in total. The minimum Gasteiger partial charge on any atom is -0.497 e. The molecule has 2 aromatic carbocycles. The normalized spacial score (nSPS) is 10.4. The van der Waals surface area contributed by atoms with E-state index in [1.54, 1.807) is 13.3 Å². The standard InChI is InChI=1S/C21H24N4O2/c1-27-20-8-6-17(7-9-20)10-12-22-21(26)23-15-18-4-2-5-19(14-18)16-25-13-3-11-24-25/h2-9,11,13-14H,10,12,15-16H2,1H3,(H2,22,23,26). The fourth-order valence-corrected chi connectivity index (χ4v) is 2.78. The van der Waals surface area contributed by atoms with Crippen molar-refractivity contribution in [2.75, 3.05) is 13.7 Å². The van der Waals surface area contributed by atoms with Crippen molar-refractivity contribution in [3.63, 3.8) is 0 Å². The van der Waals surface area contributed by atoms with Crippen molar-refractivity contribution in [3.05, 3.63) is 83.7 Å². The number of carbonyl (C=O) groups is 1. The van der Waals surface area contributed by atoms with Crippen molar-refractivity contribution in [2.24, 2.45) is 0 Å². The Balaban J connectivity index is 1.40. The fourth-order valence-electron chi connectivity index (χ4n) is 2.78. The summed E-state index contributed by atoms with van der Waals surface area (Å²) in [4.78, 5) is 12.0. The summed E-state index contributed by atoms with van der Waals surface area (Å²) in [5.74, 6) is 0.833. The van der Waals surface area contributed by atoms with Crippen LogP contribution in [0.4, 0.5) is 4.79 Å². The molecule has 1 aromatic heterocycles. The molecule has 27 heavy (non-hydrogen) atoms. The second-order valence-electron chi connectivity index (χ2n) is 6.23. The van der Waals surface area contributed by atoms with Crippen LogP contribution in [0.3, 0.4) is 0 Å². The Morgan fingerprint density at radius 2 is 1.85 bits per heavy atom. The number of ether oxygens (including phenoxy) is 1. The minimum atomic E-state index is -0.166. The summed E-state index contributed by atoms with van der Waals surface area (Å²) in [7, 11) is 1.65. The highest BCUT2D eigenvalue weighted by molar-refractivity contribution is 5.73. The Kier molecular flexibility index (Phi) is 6.46. The van der Waals surface area contributed by atoms with Gasteiger partial charge in [-0.1, -0.05) is 36.4 Å². The van der Waals surface area contributed by atoms with Gasteiger partial charge in [0, 0.05) is 25.5 Å². The third kappa shape index (κ3) is 5.88. The van der Waals surface area contributed by atoms with Gasteiger partial charge in [-0.3, -0.25) is 4.68 Å². The molecule has 0 spiro atoms. The number of amides is 2. The molecule has 140 valence electrons. The van der Waals surface area contributed by atoms with E-state index in [0.717, 1.165) is 35.4 Å². The van der Waals surface area contributed by atoms with Crippen molar-refractivity contribution >= 4 is 6.03 Å². The van der Waals surface area contributed by atoms with Gasteiger partial charge in [0.15, 0.2) is 0 Å². The molecule has 0 bridgehead atoms. The monoisotopic (exact) mass is 364 g/mol. The number of nitrogens with one attached hydrogen (secondary N) is 2. The number of nitrogens with zero attached hydrogens (tertiary/aromatic N) is 2. The predicted octanol–water partition coefficient (Wildman–Crippen LogP) is 2.98. The molecule has 0 aliphatic rings. The summed E-state index contributed by atoms with van der Waals surface area (Å²) in [5.41, 5.74) is 3.37. The second kappa shape index (κ2) is 9.43.